The van der Waals surface area contributed by atoms with Gasteiger partial charge in [0.05, 0.1) is 13.7 Å². The van der Waals surface area contributed by atoms with Gasteiger partial charge in [-0.25, -0.2) is 4.79 Å². The smallest absolute Gasteiger partial charge is 0.330 e. The van der Waals surface area contributed by atoms with Gasteiger partial charge in [-0.05, 0) is 36.1 Å². The minimum Gasteiger partial charge on any atom is -0.493 e. The zero-order valence-corrected chi connectivity index (χ0v) is 13.9. The lowest BCUT2D eigenvalue weighted by Gasteiger charge is -2.23. The molecule has 0 bridgehead atoms. The maximum Gasteiger partial charge on any atom is 0.330 e. The summed E-state index contributed by atoms with van der Waals surface area (Å²) in [5.41, 5.74) is 1.35. The molecule has 0 saturated heterocycles. The molecule has 0 radical (unpaired) electrons. The van der Waals surface area contributed by atoms with Crippen molar-refractivity contribution in [2.45, 2.75) is 39.5 Å². The quantitative estimate of drug-likeness (QED) is 0.457. The summed E-state index contributed by atoms with van der Waals surface area (Å²) in [6.45, 7) is 8.89. The number of carbonyl (C=O) groups excluding carboxylic acids is 2. The molecule has 120 valence electrons. The van der Waals surface area contributed by atoms with Gasteiger partial charge in [-0.1, -0.05) is 27.7 Å². The van der Waals surface area contributed by atoms with Crippen molar-refractivity contribution in [2.75, 3.05) is 13.7 Å². The summed E-state index contributed by atoms with van der Waals surface area (Å²) >= 11 is 0. The van der Waals surface area contributed by atoms with Gasteiger partial charge in [-0.15, -0.1) is 0 Å². The number of rotatable bonds is 6. The van der Waals surface area contributed by atoms with Gasteiger partial charge in [0.1, 0.15) is 5.75 Å². The lowest BCUT2D eigenvalue weighted by Crippen LogP contribution is -2.15. The molecule has 0 aliphatic carbocycles. The van der Waals surface area contributed by atoms with Gasteiger partial charge in [0, 0.05) is 17.2 Å². The Morgan fingerprint density at radius 3 is 2.41 bits per heavy atom. The molecule has 4 heteroatoms. The highest BCUT2D eigenvalue weighted by molar-refractivity contribution is 6.07. The molecule has 4 nitrogen and oxygen atoms in total. The van der Waals surface area contributed by atoms with E-state index in [9.17, 15) is 9.59 Å². The van der Waals surface area contributed by atoms with Crippen LogP contribution < -0.4 is 4.74 Å². The van der Waals surface area contributed by atoms with Crippen LogP contribution in [-0.4, -0.2) is 25.5 Å². The van der Waals surface area contributed by atoms with Crippen LogP contribution in [0.2, 0.25) is 0 Å². The number of methoxy groups -OCH3 is 1. The Labute approximate surface area is 132 Å². The number of allylic oxidation sites excluding steroid dienone is 1. The predicted octanol–water partition coefficient (Wildman–Crippen LogP) is 3.68. The fraction of sp³-hybridized carbons (Fsp3) is 0.444. The first kappa shape index (κ1) is 18.0. The first-order valence-corrected chi connectivity index (χ1v) is 7.37. The summed E-state index contributed by atoms with van der Waals surface area (Å²) in [7, 11) is 1.27. The summed E-state index contributed by atoms with van der Waals surface area (Å²) in [6, 6.07) is 5.36. The molecule has 0 aliphatic heterocycles. The van der Waals surface area contributed by atoms with Gasteiger partial charge in [0.15, 0.2) is 5.78 Å². The van der Waals surface area contributed by atoms with E-state index in [1.807, 2.05) is 19.1 Å². The Balaban J connectivity index is 3.11. The maximum absolute atomic E-state index is 12.1. The van der Waals surface area contributed by atoms with Gasteiger partial charge in [0.2, 0.25) is 0 Å². The molecule has 0 fully saturated rings. The van der Waals surface area contributed by atoms with Crippen LogP contribution in [0.5, 0.6) is 5.75 Å². The third-order valence-electron chi connectivity index (χ3n) is 3.11. The molecule has 22 heavy (non-hydrogen) atoms. The highest BCUT2D eigenvalue weighted by Crippen LogP contribution is 2.32. The number of esters is 1. The van der Waals surface area contributed by atoms with E-state index in [2.05, 4.69) is 25.5 Å². The molecule has 0 heterocycles. The molecule has 0 N–H and O–H groups in total. The van der Waals surface area contributed by atoms with Crippen LogP contribution in [0.15, 0.2) is 30.4 Å². The fourth-order valence-electron chi connectivity index (χ4n) is 1.92. The van der Waals surface area contributed by atoms with Gasteiger partial charge >= 0.3 is 5.97 Å². The van der Waals surface area contributed by atoms with Crippen LogP contribution >= 0.6 is 0 Å². The number of hydrogen-bond acceptors (Lipinski definition) is 4. The van der Waals surface area contributed by atoms with Crippen molar-refractivity contribution in [1.29, 1.82) is 0 Å². The second kappa shape index (κ2) is 7.78. The summed E-state index contributed by atoms with van der Waals surface area (Å²) in [5.74, 6) is 0.00748. The van der Waals surface area contributed by atoms with Crippen LogP contribution in [0.3, 0.4) is 0 Å². The Bertz CT molecular complexity index is 565. The van der Waals surface area contributed by atoms with E-state index >= 15 is 0 Å². The molecule has 0 spiro atoms. The van der Waals surface area contributed by atoms with Gasteiger partial charge < -0.3 is 9.47 Å². The zero-order chi connectivity index (χ0) is 16.8. The van der Waals surface area contributed by atoms with Crippen molar-refractivity contribution in [3.8, 4) is 5.75 Å². The number of ether oxygens (including phenoxy) is 2. The summed E-state index contributed by atoms with van der Waals surface area (Å²) < 4.78 is 10.2. The summed E-state index contributed by atoms with van der Waals surface area (Å²) in [6.07, 6.45) is 3.27. The minimum absolute atomic E-state index is 0.147. The molecular weight excluding hydrogens is 280 g/mol. The molecule has 0 atom stereocenters. The molecule has 1 aromatic rings. The number of benzene rings is 1. The Morgan fingerprint density at radius 2 is 1.86 bits per heavy atom. The van der Waals surface area contributed by atoms with Gasteiger partial charge in [-0.3, -0.25) is 4.79 Å². The highest BCUT2D eigenvalue weighted by Gasteiger charge is 2.20. The van der Waals surface area contributed by atoms with Crippen LogP contribution in [0.25, 0.3) is 0 Å². The van der Waals surface area contributed by atoms with E-state index in [0.717, 1.165) is 23.8 Å². The Kier molecular flexibility index (Phi) is 6.35. The number of hydrogen-bond donors (Lipinski definition) is 0. The first-order valence-electron chi connectivity index (χ1n) is 7.37. The topological polar surface area (TPSA) is 52.6 Å². The monoisotopic (exact) mass is 304 g/mol. The lowest BCUT2D eigenvalue weighted by atomic mass is 9.85. The van der Waals surface area contributed by atoms with Crippen molar-refractivity contribution in [3.05, 3.63) is 41.5 Å². The molecule has 0 unspecified atom stereocenters. The second-order valence-corrected chi connectivity index (χ2v) is 6.03. The largest absolute Gasteiger partial charge is 0.493 e. The van der Waals surface area contributed by atoms with Gasteiger partial charge in [-0.2, -0.15) is 0 Å². The standard InChI is InChI=1S/C18H24O4/c1-6-11-22-16-9-7-13(12-14(16)18(2,3)4)15(19)8-10-17(20)21-5/h7-10,12H,6,11H2,1-5H3/b10-8+. The van der Waals surface area contributed by atoms with Gasteiger partial charge in [0.25, 0.3) is 0 Å². The lowest BCUT2D eigenvalue weighted by molar-refractivity contribution is -0.134. The average Bonchev–Trinajstić information content (AvgIpc) is 2.49. The van der Waals surface area contributed by atoms with E-state index in [-0.39, 0.29) is 11.2 Å². The summed E-state index contributed by atoms with van der Waals surface area (Å²) in [4.78, 5) is 23.2. The Hall–Kier alpha value is -2.10. The van der Waals surface area contributed by atoms with E-state index in [1.165, 1.54) is 13.2 Å². The second-order valence-electron chi connectivity index (χ2n) is 6.03. The van der Waals surface area contributed by atoms with E-state index < -0.39 is 5.97 Å². The van der Waals surface area contributed by atoms with Crippen LogP contribution in [0, 0.1) is 0 Å². The van der Waals surface area contributed by atoms with E-state index in [1.54, 1.807) is 6.07 Å². The third kappa shape index (κ3) is 5.02. The zero-order valence-electron chi connectivity index (χ0n) is 13.9. The fourth-order valence-corrected chi connectivity index (χ4v) is 1.92. The van der Waals surface area contributed by atoms with Crippen LogP contribution in [0.1, 0.15) is 50.0 Å². The molecule has 0 saturated carbocycles. The highest BCUT2D eigenvalue weighted by atomic mass is 16.5. The van der Waals surface area contributed by atoms with Crippen molar-refractivity contribution < 1.29 is 19.1 Å². The Morgan fingerprint density at radius 1 is 1.18 bits per heavy atom. The van der Waals surface area contributed by atoms with Crippen LogP contribution in [-0.2, 0) is 14.9 Å². The molecule has 0 aromatic heterocycles. The molecule has 1 rings (SSSR count). The average molecular weight is 304 g/mol. The predicted molar refractivity (Wildman–Crippen MR) is 86.4 cm³/mol. The maximum atomic E-state index is 12.1. The number of carbonyl (C=O) groups is 2. The van der Waals surface area contributed by atoms with E-state index in [0.29, 0.717) is 12.2 Å². The van der Waals surface area contributed by atoms with Crippen molar-refractivity contribution in [1.82, 2.24) is 0 Å². The molecule has 0 aliphatic rings. The SMILES string of the molecule is CCCOc1ccc(C(=O)/C=C/C(=O)OC)cc1C(C)(C)C. The third-order valence-corrected chi connectivity index (χ3v) is 3.11. The van der Waals surface area contributed by atoms with E-state index in [4.69, 9.17) is 4.74 Å². The molecule has 1 aromatic carbocycles. The minimum atomic E-state index is -0.549. The van der Waals surface area contributed by atoms with Crippen LogP contribution in [0.4, 0.5) is 0 Å². The normalized spacial score (nSPS) is 11.5. The first-order chi connectivity index (χ1) is 10.3. The number of ketones is 1. The van der Waals surface area contributed by atoms with Crippen molar-refractivity contribution in [3.63, 3.8) is 0 Å². The molecular formula is C18H24O4. The van der Waals surface area contributed by atoms with Crippen molar-refractivity contribution >= 4 is 11.8 Å². The summed E-state index contributed by atoms with van der Waals surface area (Å²) in [5, 5.41) is 0. The van der Waals surface area contributed by atoms with Crippen molar-refractivity contribution in [2.24, 2.45) is 0 Å². The molecule has 0 amide bonds.